The number of likely N-dealkylation sites (tertiary alicyclic amines) is 1. The highest BCUT2D eigenvalue weighted by molar-refractivity contribution is 5.80. The first-order valence-corrected chi connectivity index (χ1v) is 10.4. The molecule has 6 heteroatoms. The predicted octanol–water partition coefficient (Wildman–Crippen LogP) is 3.47. The number of halogens is 2. The highest BCUT2D eigenvalue weighted by Gasteiger charge is 2.27. The second-order valence-electron chi connectivity index (χ2n) is 7.64. The van der Waals surface area contributed by atoms with Gasteiger partial charge in [-0.05, 0) is 62.8 Å². The number of nitrogens with zero attached hydrogens (tertiary/aromatic N) is 2. The van der Waals surface area contributed by atoms with E-state index in [9.17, 15) is 8.78 Å². The first-order chi connectivity index (χ1) is 13.2. The fraction of sp³-hybridized carbons (Fsp3) is 0.667. The van der Waals surface area contributed by atoms with Gasteiger partial charge in [-0.15, -0.1) is 0 Å². The van der Waals surface area contributed by atoms with Gasteiger partial charge in [0.25, 0.3) is 0 Å². The number of piperidine rings is 1. The molecule has 0 unspecified atom stereocenters. The number of guanidine groups is 1. The van der Waals surface area contributed by atoms with Crippen molar-refractivity contribution in [1.82, 2.24) is 15.5 Å². The number of aliphatic imine (C=N–C) groups is 1. The van der Waals surface area contributed by atoms with Crippen molar-refractivity contribution in [3.05, 3.63) is 35.4 Å². The molecule has 1 aliphatic carbocycles. The summed E-state index contributed by atoms with van der Waals surface area (Å²) >= 11 is 0. The van der Waals surface area contributed by atoms with Crippen molar-refractivity contribution in [1.29, 1.82) is 0 Å². The Balaban J connectivity index is 1.48. The van der Waals surface area contributed by atoms with E-state index in [1.165, 1.54) is 37.8 Å². The Hall–Kier alpha value is -1.69. The zero-order chi connectivity index (χ0) is 19.1. The maximum Gasteiger partial charge on any atom is 0.191 e. The van der Waals surface area contributed by atoms with Crippen molar-refractivity contribution in [2.75, 3.05) is 26.2 Å². The molecule has 27 heavy (non-hydrogen) atoms. The monoisotopic (exact) mass is 378 g/mol. The van der Waals surface area contributed by atoms with E-state index in [0.717, 1.165) is 50.5 Å². The Morgan fingerprint density at radius 1 is 1.15 bits per heavy atom. The summed E-state index contributed by atoms with van der Waals surface area (Å²) in [6, 6.07) is 4.80. The summed E-state index contributed by atoms with van der Waals surface area (Å²) in [4.78, 5) is 7.22. The molecule has 150 valence electrons. The highest BCUT2D eigenvalue weighted by Crippen LogP contribution is 2.26. The maximum absolute atomic E-state index is 13.7. The van der Waals surface area contributed by atoms with E-state index in [4.69, 9.17) is 0 Å². The normalized spacial score (nSPS) is 20.2. The third-order valence-corrected chi connectivity index (χ3v) is 5.71. The molecule has 4 nitrogen and oxygen atoms in total. The van der Waals surface area contributed by atoms with E-state index >= 15 is 0 Å². The molecule has 1 aromatic carbocycles. The van der Waals surface area contributed by atoms with Crippen molar-refractivity contribution in [3.8, 4) is 0 Å². The molecular weight excluding hydrogens is 346 g/mol. The van der Waals surface area contributed by atoms with Crippen molar-refractivity contribution >= 4 is 5.96 Å². The van der Waals surface area contributed by atoms with Gasteiger partial charge in [0.05, 0.1) is 0 Å². The molecule has 0 aromatic heterocycles. The lowest BCUT2D eigenvalue weighted by Crippen LogP contribution is -2.50. The third kappa shape index (κ3) is 5.89. The minimum Gasteiger partial charge on any atom is -0.357 e. The van der Waals surface area contributed by atoms with Crippen LogP contribution in [0.3, 0.4) is 0 Å². The van der Waals surface area contributed by atoms with Gasteiger partial charge in [-0.2, -0.15) is 0 Å². The lowest BCUT2D eigenvalue weighted by molar-refractivity contribution is 0.150. The van der Waals surface area contributed by atoms with Gasteiger partial charge in [0.15, 0.2) is 5.96 Å². The summed E-state index contributed by atoms with van der Waals surface area (Å²) in [5.74, 6) is -0.00749. The largest absolute Gasteiger partial charge is 0.357 e. The average molecular weight is 379 g/mol. The topological polar surface area (TPSA) is 39.7 Å². The predicted molar refractivity (Wildman–Crippen MR) is 106 cm³/mol. The van der Waals surface area contributed by atoms with E-state index in [1.807, 2.05) is 6.92 Å². The number of benzene rings is 1. The lowest BCUT2D eigenvalue weighted by Gasteiger charge is -2.36. The molecule has 1 aromatic rings. The van der Waals surface area contributed by atoms with Crippen LogP contribution in [0.2, 0.25) is 0 Å². The molecule has 0 radical (unpaired) electrons. The molecule has 0 atom stereocenters. The Kier molecular flexibility index (Phi) is 7.44. The van der Waals surface area contributed by atoms with Gasteiger partial charge in [-0.25, -0.2) is 8.78 Å². The van der Waals surface area contributed by atoms with Crippen LogP contribution >= 0.6 is 0 Å². The highest BCUT2D eigenvalue weighted by atomic mass is 19.1. The average Bonchev–Trinajstić information content (AvgIpc) is 3.20. The summed E-state index contributed by atoms with van der Waals surface area (Å²) < 4.78 is 27.0. The zero-order valence-corrected chi connectivity index (χ0v) is 16.3. The molecular formula is C21H32F2N4. The van der Waals surface area contributed by atoms with E-state index in [1.54, 1.807) is 0 Å². The van der Waals surface area contributed by atoms with E-state index in [-0.39, 0.29) is 5.82 Å². The van der Waals surface area contributed by atoms with E-state index in [0.29, 0.717) is 24.6 Å². The van der Waals surface area contributed by atoms with Crippen LogP contribution in [-0.2, 0) is 6.42 Å². The minimum atomic E-state index is -0.408. The van der Waals surface area contributed by atoms with Crippen molar-refractivity contribution in [2.24, 2.45) is 4.99 Å². The second-order valence-corrected chi connectivity index (χ2v) is 7.64. The van der Waals surface area contributed by atoms with E-state index < -0.39 is 5.82 Å². The van der Waals surface area contributed by atoms with Gasteiger partial charge in [0.2, 0.25) is 0 Å². The van der Waals surface area contributed by atoms with Gasteiger partial charge in [-0.1, -0.05) is 12.8 Å². The maximum atomic E-state index is 13.7. The molecule has 1 saturated heterocycles. The summed E-state index contributed by atoms with van der Waals surface area (Å²) in [7, 11) is 0. The molecule has 1 heterocycles. The van der Waals surface area contributed by atoms with Gasteiger partial charge in [0.1, 0.15) is 11.6 Å². The van der Waals surface area contributed by atoms with Crippen LogP contribution in [0, 0.1) is 11.6 Å². The number of rotatable bonds is 6. The summed E-state index contributed by atoms with van der Waals surface area (Å²) in [5, 5.41) is 6.79. The first-order valence-electron chi connectivity index (χ1n) is 10.4. The Bertz CT molecular complexity index is 621. The molecule has 0 spiro atoms. The summed E-state index contributed by atoms with van der Waals surface area (Å²) in [5.41, 5.74) is 0.375. The molecule has 3 rings (SSSR count). The van der Waals surface area contributed by atoms with Crippen LogP contribution in [0.4, 0.5) is 8.78 Å². The quantitative estimate of drug-likeness (QED) is 0.588. The summed E-state index contributed by atoms with van der Waals surface area (Å²) in [6.45, 7) is 5.54. The van der Waals surface area contributed by atoms with Crippen LogP contribution in [0.5, 0.6) is 0 Å². The van der Waals surface area contributed by atoms with Crippen molar-refractivity contribution in [3.63, 3.8) is 0 Å². The summed E-state index contributed by atoms with van der Waals surface area (Å²) in [6.07, 6.45) is 8.12. The molecule has 1 saturated carbocycles. The number of nitrogens with one attached hydrogen (secondary N) is 2. The SMILES string of the molecule is CCNC(=NCCc1cc(F)ccc1F)NC1CCN(C2CCCC2)CC1. The minimum absolute atomic E-state index is 0.371. The standard InChI is InChI=1S/C21H32F2N4/c1-2-24-21(25-12-9-16-15-17(22)7-8-20(16)23)26-18-10-13-27(14-11-18)19-5-3-4-6-19/h7-8,15,18-19H,2-6,9-14H2,1H3,(H2,24,25,26). The van der Waals surface area contributed by atoms with Gasteiger partial charge < -0.3 is 15.5 Å². The Labute approximate surface area is 161 Å². The molecule has 2 aliphatic rings. The number of hydrogen-bond donors (Lipinski definition) is 2. The fourth-order valence-corrected chi connectivity index (χ4v) is 4.21. The van der Waals surface area contributed by atoms with Crippen LogP contribution < -0.4 is 10.6 Å². The Morgan fingerprint density at radius 2 is 1.89 bits per heavy atom. The third-order valence-electron chi connectivity index (χ3n) is 5.71. The molecule has 1 aliphatic heterocycles. The molecule has 0 amide bonds. The van der Waals surface area contributed by atoms with Crippen LogP contribution in [0.15, 0.2) is 23.2 Å². The van der Waals surface area contributed by atoms with Crippen LogP contribution in [0.1, 0.15) is 51.0 Å². The molecule has 2 N–H and O–H groups in total. The van der Waals surface area contributed by atoms with Gasteiger partial charge >= 0.3 is 0 Å². The van der Waals surface area contributed by atoms with Gasteiger partial charge in [-0.3, -0.25) is 4.99 Å². The van der Waals surface area contributed by atoms with Crippen molar-refractivity contribution < 1.29 is 8.78 Å². The van der Waals surface area contributed by atoms with Gasteiger partial charge in [0, 0.05) is 38.3 Å². The van der Waals surface area contributed by atoms with E-state index in [2.05, 4.69) is 20.5 Å². The zero-order valence-electron chi connectivity index (χ0n) is 16.3. The van der Waals surface area contributed by atoms with Crippen LogP contribution in [0.25, 0.3) is 0 Å². The van der Waals surface area contributed by atoms with Crippen LogP contribution in [-0.4, -0.2) is 49.1 Å². The first kappa shape index (κ1) is 20.1. The Morgan fingerprint density at radius 3 is 2.59 bits per heavy atom. The fourth-order valence-electron chi connectivity index (χ4n) is 4.21. The second kappa shape index (κ2) is 10.0. The molecule has 0 bridgehead atoms. The molecule has 2 fully saturated rings. The lowest BCUT2D eigenvalue weighted by atomic mass is 10.0. The smallest absolute Gasteiger partial charge is 0.191 e. The number of hydrogen-bond acceptors (Lipinski definition) is 2. The van der Waals surface area contributed by atoms with Crippen molar-refractivity contribution in [2.45, 2.75) is 64.0 Å².